The fourth-order valence-electron chi connectivity index (χ4n) is 0.742. The van der Waals surface area contributed by atoms with Crippen LogP contribution in [0.2, 0.25) is 0 Å². The van der Waals surface area contributed by atoms with Crippen molar-refractivity contribution in [3.63, 3.8) is 0 Å². The maximum Gasteiger partial charge on any atom is 0.292 e. The molecule has 0 fully saturated rings. The van der Waals surface area contributed by atoms with Gasteiger partial charge in [0.15, 0.2) is 0 Å². The van der Waals surface area contributed by atoms with Crippen LogP contribution in [0.1, 0.15) is 0 Å². The lowest BCUT2D eigenvalue weighted by molar-refractivity contribution is 0.280. The first-order valence-corrected chi connectivity index (χ1v) is 3.20. The first-order chi connectivity index (χ1) is 5.45. The molecular weight excluding hydrogens is 144 g/mol. The van der Waals surface area contributed by atoms with Gasteiger partial charge in [0.05, 0.1) is 12.5 Å². The van der Waals surface area contributed by atoms with Crippen molar-refractivity contribution in [3.05, 3.63) is 36.8 Å². The maximum absolute atomic E-state index is 5.12. The fraction of sp³-hybridized carbons (Fsp3) is 0. The third-order valence-corrected chi connectivity index (χ3v) is 1.19. The zero-order valence-corrected chi connectivity index (χ0v) is 5.69. The van der Waals surface area contributed by atoms with Gasteiger partial charge in [-0.2, -0.15) is 0 Å². The molecule has 11 heavy (non-hydrogen) atoms. The molecule has 0 saturated carbocycles. The Morgan fingerprint density at radius 1 is 0.909 bits per heavy atom. The van der Waals surface area contributed by atoms with Crippen molar-refractivity contribution < 1.29 is 13.6 Å². The molecule has 3 heteroatoms. The van der Waals surface area contributed by atoms with Crippen LogP contribution >= 0.6 is 0 Å². The Morgan fingerprint density at radius 2 is 1.45 bits per heavy atom. The van der Waals surface area contributed by atoms with E-state index in [2.05, 4.69) is 0 Å². The van der Waals surface area contributed by atoms with E-state index < -0.39 is 0 Å². The fourth-order valence-corrected chi connectivity index (χ4v) is 0.742. The summed E-state index contributed by atoms with van der Waals surface area (Å²) in [7, 11) is 0. The van der Waals surface area contributed by atoms with Crippen LogP contribution in [0.15, 0.2) is 45.6 Å². The van der Waals surface area contributed by atoms with E-state index in [4.69, 9.17) is 13.6 Å². The Balaban J connectivity index is 2.14. The summed E-state index contributed by atoms with van der Waals surface area (Å²) in [4.78, 5) is 0. The summed E-state index contributed by atoms with van der Waals surface area (Å²) in [5.41, 5.74) is 0. The van der Waals surface area contributed by atoms with Gasteiger partial charge in [0.2, 0.25) is 0 Å². The second kappa shape index (κ2) is 2.54. The summed E-state index contributed by atoms with van der Waals surface area (Å²) >= 11 is 0. The molecule has 0 aliphatic rings. The molecule has 0 unspecified atom stereocenters. The molecule has 2 heterocycles. The zero-order chi connectivity index (χ0) is 7.52. The maximum atomic E-state index is 5.12. The first kappa shape index (κ1) is 6.09. The van der Waals surface area contributed by atoms with Crippen molar-refractivity contribution in [2.45, 2.75) is 0 Å². The first-order valence-electron chi connectivity index (χ1n) is 3.20. The Bertz CT molecular complexity index is 262. The highest BCUT2D eigenvalue weighted by atomic mass is 16.6. The second-order valence-corrected chi connectivity index (χ2v) is 1.97. The Morgan fingerprint density at radius 3 is 1.82 bits per heavy atom. The highest BCUT2D eigenvalue weighted by molar-refractivity contribution is 5.13. The van der Waals surface area contributed by atoms with E-state index >= 15 is 0 Å². The van der Waals surface area contributed by atoms with E-state index in [0.717, 1.165) is 0 Å². The Kier molecular flexibility index (Phi) is 1.41. The molecule has 2 aromatic heterocycles. The van der Waals surface area contributed by atoms with Crippen LogP contribution in [0.3, 0.4) is 0 Å². The standard InChI is InChI=1S/C8H6O3/c1-3-7(9-5-1)11-8-4-2-6-10-8/h1-6H. The summed E-state index contributed by atoms with van der Waals surface area (Å²) < 4.78 is 15.0. The molecule has 0 aromatic carbocycles. The SMILES string of the molecule is c1coc(Oc2ccco2)c1. The van der Waals surface area contributed by atoms with Gasteiger partial charge in [-0.05, 0) is 12.1 Å². The van der Waals surface area contributed by atoms with Gasteiger partial charge in [0, 0.05) is 12.1 Å². The molecule has 56 valence electrons. The van der Waals surface area contributed by atoms with E-state index in [1.807, 2.05) is 0 Å². The summed E-state index contributed by atoms with van der Waals surface area (Å²) in [5, 5.41) is 0. The minimum absolute atomic E-state index is 0.431. The zero-order valence-electron chi connectivity index (χ0n) is 5.69. The number of furan rings is 2. The minimum Gasteiger partial charge on any atom is -0.434 e. The average Bonchev–Trinajstić information content (AvgIpc) is 2.60. The third-order valence-electron chi connectivity index (χ3n) is 1.19. The highest BCUT2D eigenvalue weighted by Gasteiger charge is 1.99. The highest BCUT2D eigenvalue weighted by Crippen LogP contribution is 2.20. The van der Waals surface area contributed by atoms with E-state index in [9.17, 15) is 0 Å². The van der Waals surface area contributed by atoms with Gasteiger partial charge < -0.3 is 13.6 Å². The van der Waals surface area contributed by atoms with Gasteiger partial charge in [0.25, 0.3) is 11.9 Å². The smallest absolute Gasteiger partial charge is 0.292 e. The minimum atomic E-state index is 0.431. The molecule has 0 radical (unpaired) electrons. The Labute approximate surface area is 63.2 Å². The van der Waals surface area contributed by atoms with Gasteiger partial charge in [0.1, 0.15) is 0 Å². The van der Waals surface area contributed by atoms with Crippen LogP contribution < -0.4 is 4.74 Å². The molecule has 0 aliphatic heterocycles. The summed E-state index contributed by atoms with van der Waals surface area (Å²) in [6.45, 7) is 0. The number of hydrogen-bond acceptors (Lipinski definition) is 3. The number of hydrogen-bond donors (Lipinski definition) is 0. The van der Waals surface area contributed by atoms with Crippen molar-refractivity contribution in [1.29, 1.82) is 0 Å². The topological polar surface area (TPSA) is 35.5 Å². The van der Waals surface area contributed by atoms with Crippen LogP contribution in [0.4, 0.5) is 0 Å². The lowest BCUT2D eigenvalue weighted by Gasteiger charge is -1.93. The number of ether oxygens (including phenoxy) is 1. The van der Waals surface area contributed by atoms with Crippen LogP contribution in [-0.4, -0.2) is 0 Å². The molecule has 2 rings (SSSR count). The molecule has 0 saturated heterocycles. The molecule has 0 spiro atoms. The molecule has 0 bridgehead atoms. The van der Waals surface area contributed by atoms with Gasteiger partial charge >= 0.3 is 0 Å². The van der Waals surface area contributed by atoms with E-state index in [0.29, 0.717) is 11.9 Å². The predicted octanol–water partition coefficient (Wildman–Crippen LogP) is 2.66. The predicted molar refractivity (Wildman–Crippen MR) is 37.5 cm³/mol. The molecular formula is C8H6O3. The van der Waals surface area contributed by atoms with Crippen LogP contribution in [0.5, 0.6) is 11.9 Å². The van der Waals surface area contributed by atoms with Crippen molar-refractivity contribution >= 4 is 0 Å². The lowest BCUT2D eigenvalue weighted by atomic mass is 10.6. The normalized spacial score (nSPS) is 9.82. The summed E-state index contributed by atoms with van der Waals surface area (Å²) in [6, 6.07) is 6.92. The summed E-state index contributed by atoms with van der Waals surface area (Å²) in [5.74, 6) is 0.861. The second-order valence-electron chi connectivity index (χ2n) is 1.97. The third kappa shape index (κ3) is 1.26. The van der Waals surface area contributed by atoms with Crippen molar-refractivity contribution in [2.24, 2.45) is 0 Å². The molecule has 0 aliphatic carbocycles. The van der Waals surface area contributed by atoms with Crippen molar-refractivity contribution in [1.82, 2.24) is 0 Å². The molecule has 0 amide bonds. The van der Waals surface area contributed by atoms with E-state index in [-0.39, 0.29) is 0 Å². The molecule has 0 N–H and O–H groups in total. The van der Waals surface area contributed by atoms with Gasteiger partial charge in [-0.15, -0.1) is 0 Å². The van der Waals surface area contributed by atoms with Crippen molar-refractivity contribution in [2.75, 3.05) is 0 Å². The molecule has 2 aromatic rings. The number of rotatable bonds is 2. The van der Waals surface area contributed by atoms with E-state index in [1.54, 1.807) is 24.3 Å². The summed E-state index contributed by atoms with van der Waals surface area (Å²) in [6.07, 6.45) is 3.08. The van der Waals surface area contributed by atoms with Gasteiger partial charge in [-0.25, -0.2) is 0 Å². The monoisotopic (exact) mass is 150 g/mol. The van der Waals surface area contributed by atoms with Crippen LogP contribution in [0, 0.1) is 0 Å². The van der Waals surface area contributed by atoms with Crippen LogP contribution in [-0.2, 0) is 0 Å². The average molecular weight is 150 g/mol. The van der Waals surface area contributed by atoms with Gasteiger partial charge in [-0.1, -0.05) is 0 Å². The Hall–Kier alpha value is -1.64. The lowest BCUT2D eigenvalue weighted by Crippen LogP contribution is -1.75. The largest absolute Gasteiger partial charge is 0.434 e. The van der Waals surface area contributed by atoms with Gasteiger partial charge in [-0.3, -0.25) is 0 Å². The van der Waals surface area contributed by atoms with Crippen LogP contribution in [0.25, 0.3) is 0 Å². The quantitative estimate of drug-likeness (QED) is 0.660. The van der Waals surface area contributed by atoms with E-state index in [1.165, 1.54) is 12.5 Å². The molecule has 0 atom stereocenters. The molecule has 3 nitrogen and oxygen atoms in total. The van der Waals surface area contributed by atoms with Crippen molar-refractivity contribution in [3.8, 4) is 11.9 Å².